The Labute approximate surface area is 120 Å². The molecule has 1 aromatic rings. The number of benzene rings is 1. The molecule has 0 saturated carbocycles. The average molecular weight is 280 g/mol. The van der Waals surface area contributed by atoms with Gasteiger partial charge in [0.25, 0.3) is 0 Å². The molecule has 0 amide bonds. The molecule has 0 aromatic heterocycles. The molecule has 0 unspecified atom stereocenters. The van der Waals surface area contributed by atoms with Crippen LogP contribution >= 0.6 is 0 Å². The number of aliphatic hydroxyl groups is 1. The summed E-state index contributed by atoms with van der Waals surface area (Å²) in [5.41, 5.74) is 8.54. The molecule has 0 fully saturated rings. The number of carbonyl (C=O) groups is 1. The predicted octanol–water partition coefficient (Wildman–Crippen LogP) is 1.96. The zero-order chi connectivity index (χ0) is 15.3. The number of aliphatic hydroxyl groups excluding tert-OH is 1. The van der Waals surface area contributed by atoms with Crippen molar-refractivity contribution >= 4 is 17.3 Å². The lowest BCUT2D eigenvalue weighted by Crippen LogP contribution is -2.32. The van der Waals surface area contributed by atoms with Crippen molar-refractivity contribution in [3.63, 3.8) is 0 Å². The first-order chi connectivity index (χ1) is 9.42. The van der Waals surface area contributed by atoms with Crippen molar-refractivity contribution in [1.29, 1.82) is 0 Å². The quantitative estimate of drug-likeness (QED) is 0.615. The van der Waals surface area contributed by atoms with Gasteiger partial charge in [0.05, 0.1) is 12.7 Å². The number of rotatable bonds is 6. The summed E-state index contributed by atoms with van der Waals surface area (Å²) >= 11 is 0. The highest BCUT2D eigenvalue weighted by molar-refractivity contribution is 5.97. The number of aryl methyl sites for hydroxylation is 1. The van der Waals surface area contributed by atoms with Crippen molar-refractivity contribution < 1.29 is 14.6 Å². The maximum absolute atomic E-state index is 11.8. The molecule has 3 N–H and O–H groups in total. The highest BCUT2D eigenvalue weighted by Crippen LogP contribution is 2.27. The van der Waals surface area contributed by atoms with E-state index in [9.17, 15) is 4.79 Å². The van der Waals surface area contributed by atoms with E-state index in [2.05, 4.69) is 18.7 Å². The maximum atomic E-state index is 11.8. The van der Waals surface area contributed by atoms with Crippen LogP contribution < -0.4 is 10.6 Å². The molecule has 0 saturated heterocycles. The van der Waals surface area contributed by atoms with Crippen LogP contribution in [0.3, 0.4) is 0 Å². The van der Waals surface area contributed by atoms with Gasteiger partial charge in [-0.3, -0.25) is 0 Å². The third kappa shape index (κ3) is 3.63. The summed E-state index contributed by atoms with van der Waals surface area (Å²) in [7, 11) is 1.34. The number of nitrogens with zero attached hydrogens (tertiary/aromatic N) is 1. The van der Waals surface area contributed by atoms with Gasteiger partial charge in [-0.1, -0.05) is 0 Å². The SMILES string of the molecule is COC(=O)c1cc(N(CCCO)C(C)C)cc(C)c1N. The molecular formula is C15H24N2O3. The van der Waals surface area contributed by atoms with Gasteiger partial charge in [-0.25, -0.2) is 4.79 Å². The van der Waals surface area contributed by atoms with Crippen molar-refractivity contribution in [3.8, 4) is 0 Å². The summed E-state index contributed by atoms with van der Waals surface area (Å²) in [4.78, 5) is 13.9. The highest BCUT2D eigenvalue weighted by Gasteiger charge is 2.17. The van der Waals surface area contributed by atoms with E-state index in [4.69, 9.17) is 15.6 Å². The Morgan fingerprint density at radius 1 is 1.45 bits per heavy atom. The van der Waals surface area contributed by atoms with Crippen molar-refractivity contribution in [1.82, 2.24) is 0 Å². The molecule has 5 nitrogen and oxygen atoms in total. The average Bonchev–Trinajstić information content (AvgIpc) is 2.41. The van der Waals surface area contributed by atoms with Gasteiger partial charge in [0, 0.05) is 30.6 Å². The summed E-state index contributed by atoms with van der Waals surface area (Å²) in [6.07, 6.45) is 0.676. The molecule has 0 atom stereocenters. The minimum Gasteiger partial charge on any atom is -0.465 e. The van der Waals surface area contributed by atoms with Gasteiger partial charge in [0.15, 0.2) is 0 Å². The van der Waals surface area contributed by atoms with Crippen LogP contribution in [0.25, 0.3) is 0 Å². The number of esters is 1. The fraction of sp³-hybridized carbons (Fsp3) is 0.533. The second-order valence-electron chi connectivity index (χ2n) is 5.08. The molecule has 0 aliphatic rings. The van der Waals surface area contributed by atoms with E-state index in [1.165, 1.54) is 7.11 Å². The Hall–Kier alpha value is -1.75. The van der Waals surface area contributed by atoms with Crippen LogP contribution in [0.15, 0.2) is 12.1 Å². The fourth-order valence-corrected chi connectivity index (χ4v) is 2.15. The summed E-state index contributed by atoms with van der Waals surface area (Å²) in [6.45, 7) is 6.87. The van der Waals surface area contributed by atoms with E-state index in [1.54, 1.807) is 6.07 Å². The van der Waals surface area contributed by atoms with Crippen molar-refractivity contribution in [2.75, 3.05) is 30.9 Å². The van der Waals surface area contributed by atoms with E-state index < -0.39 is 5.97 Å². The molecule has 0 spiro atoms. The van der Waals surface area contributed by atoms with Crippen molar-refractivity contribution in [2.24, 2.45) is 0 Å². The lowest BCUT2D eigenvalue weighted by molar-refractivity contribution is 0.0602. The van der Waals surface area contributed by atoms with Gasteiger partial charge in [0.2, 0.25) is 0 Å². The summed E-state index contributed by atoms with van der Waals surface area (Å²) < 4.78 is 4.77. The summed E-state index contributed by atoms with van der Waals surface area (Å²) in [5.74, 6) is -0.432. The van der Waals surface area contributed by atoms with Crippen LogP contribution in [0, 0.1) is 6.92 Å². The van der Waals surface area contributed by atoms with Gasteiger partial charge >= 0.3 is 5.97 Å². The first kappa shape index (κ1) is 16.3. The Bertz CT molecular complexity index is 472. The molecule has 0 aliphatic carbocycles. The third-order valence-corrected chi connectivity index (χ3v) is 3.29. The van der Waals surface area contributed by atoms with Gasteiger partial charge in [-0.05, 0) is 44.9 Å². The molecule has 20 heavy (non-hydrogen) atoms. The van der Waals surface area contributed by atoms with Crippen molar-refractivity contribution in [2.45, 2.75) is 33.2 Å². The van der Waals surface area contributed by atoms with Gasteiger partial charge in [0.1, 0.15) is 0 Å². The zero-order valence-corrected chi connectivity index (χ0v) is 12.6. The number of nitrogen functional groups attached to an aromatic ring is 1. The second-order valence-corrected chi connectivity index (χ2v) is 5.08. The van der Waals surface area contributed by atoms with Crippen LogP contribution in [0.5, 0.6) is 0 Å². The van der Waals surface area contributed by atoms with Crippen LogP contribution in [-0.4, -0.2) is 37.4 Å². The lowest BCUT2D eigenvalue weighted by Gasteiger charge is -2.30. The topological polar surface area (TPSA) is 75.8 Å². The number of carbonyl (C=O) groups excluding carboxylic acids is 1. The Morgan fingerprint density at radius 2 is 2.10 bits per heavy atom. The van der Waals surface area contributed by atoms with Crippen LogP contribution in [-0.2, 0) is 4.74 Å². The molecule has 5 heteroatoms. The number of nitrogens with two attached hydrogens (primary N) is 1. The summed E-state index contributed by atoms with van der Waals surface area (Å²) in [5, 5.41) is 9.00. The van der Waals surface area contributed by atoms with Crippen LogP contribution in [0.2, 0.25) is 0 Å². The van der Waals surface area contributed by atoms with E-state index >= 15 is 0 Å². The minimum absolute atomic E-state index is 0.140. The molecule has 0 radical (unpaired) electrons. The zero-order valence-electron chi connectivity index (χ0n) is 12.6. The highest BCUT2D eigenvalue weighted by atomic mass is 16.5. The molecule has 0 bridgehead atoms. The number of hydrogen-bond acceptors (Lipinski definition) is 5. The monoisotopic (exact) mass is 280 g/mol. The molecule has 1 aromatic carbocycles. The van der Waals surface area contributed by atoms with E-state index in [-0.39, 0.29) is 12.6 Å². The lowest BCUT2D eigenvalue weighted by atomic mass is 10.1. The van der Waals surface area contributed by atoms with Crippen LogP contribution in [0.4, 0.5) is 11.4 Å². The fourth-order valence-electron chi connectivity index (χ4n) is 2.15. The summed E-state index contributed by atoms with van der Waals surface area (Å²) in [6, 6.07) is 3.97. The predicted molar refractivity (Wildman–Crippen MR) is 81.1 cm³/mol. The van der Waals surface area contributed by atoms with Crippen molar-refractivity contribution in [3.05, 3.63) is 23.3 Å². The first-order valence-corrected chi connectivity index (χ1v) is 6.78. The van der Waals surface area contributed by atoms with E-state index in [0.717, 1.165) is 17.8 Å². The molecule has 0 heterocycles. The first-order valence-electron chi connectivity index (χ1n) is 6.78. The van der Waals surface area contributed by atoms with Crippen LogP contribution in [0.1, 0.15) is 36.2 Å². The molecule has 1 rings (SSSR count). The van der Waals surface area contributed by atoms with Gasteiger partial charge in [-0.2, -0.15) is 0 Å². The largest absolute Gasteiger partial charge is 0.465 e. The van der Waals surface area contributed by atoms with E-state index in [0.29, 0.717) is 17.7 Å². The van der Waals surface area contributed by atoms with Gasteiger partial charge in [-0.15, -0.1) is 0 Å². The smallest absolute Gasteiger partial charge is 0.340 e. The normalized spacial score (nSPS) is 10.7. The third-order valence-electron chi connectivity index (χ3n) is 3.29. The number of hydrogen-bond donors (Lipinski definition) is 2. The number of anilines is 2. The molecular weight excluding hydrogens is 256 g/mol. The Morgan fingerprint density at radius 3 is 2.60 bits per heavy atom. The standard InChI is InChI=1S/C15H24N2O3/c1-10(2)17(6-5-7-18)12-8-11(3)14(16)13(9-12)15(19)20-4/h8-10,18H,5-7,16H2,1-4H3. The second kappa shape index (κ2) is 7.14. The molecule has 0 aliphatic heterocycles. The number of methoxy groups -OCH3 is 1. The maximum Gasteiger partial charge on any atom is 0.340 e. The molecule has 112 valence electrons. The Kier molecular flexibility index (Phi) is 5.82. The minimum atomic E-state index is -0.432. The Balaban J connectivity index is 3.22. The van der Waals surface area contributed by atoms with E-state index in [1.807, 2.05) is 13.0 Å². The number of ether oxygens (including phenoxy) is 1. The van der Waals surface area contributed by atoms with Gasteiger partial charge < -0.3 is 20.5 Å².